The van der Waals surface area contributed by atoms with Gasteiger partial charge in [0.2, 0.25) is 11.8 Å². The van der Waals surface area contributed by atoms with E-state index in [4.69, 9.17) is 9.47 Å². The number of ether oxygens (including phenoxy) is 2. The number of thiazole rings is 1. The molecular weight excluding hydrogens is 386 g/mol. The second-order valence-corrected chi connectivity index (χ2v) is 7.04. The largest absolute Gasteiger partial charge is 0.497 e. The van der Waals surface area contributed by atoms with Crippen molar-refractivity contribution < 1.29 is 14.3 Å². The summed E-state index contributed by atoms with van der Waals surface area (Å²) >= 11 is 1.53. The van der Waals surface area contributed by atoms with Gasteiger partial charge in [0.15, 0.2) is 0 Å². The van der Waals surface area contributed by atoms with Gasteiger partial charge < -0.3 is 14.8 Å². The first-order valence-corrected chi connectivity index (χ1v) is 9.64. The number of amides is 1. The van der Waals surface area contributed by atoms with E-state index in [1.54, 1.807) is 55.8 Å². The third kappa shape index (κ3) is 4.59. The van der Waals surface area contributed by atoms with Gasteiger partial charge in [-0.25, -0.2) is 9.97 Å². The molecule has 0 fully saturated rings. The van der Waals surface area contributed by atoms with Crippen LogP contribution < -0.4 is 14.8 Å². The Morgan fingerprint density at radius 2 is 1.83 bits per heavy atom. The zero-order valence-electron chi connectivity index (χ0n) is 15.5. The third-order valence-corrected chi connectivity index (χ3v) is 4.99. The van der Waals surface area contributed by atoms with Crippen molar-refractivity contribution in [2.75, 3.05) is 12.4 Å². The average molecular weight is 403 g/mol. The van der Waals surface area contributed by atoms with Gasteiger partial charge in [0.25, 0.3) is 0 Å². The lowest BCUT2D eigenvalue weighted by molar-refractivity contribution is -0.111. The summed E-state index contributed by atoms with van der Waals surface area (Å²) in [7, 11) is 1.60. The summed E-state index contributed by atoms with van der Waals surface area (Å²) < 4.78 is 12.0. The van der Waals surface area contributed by atoms with Gasteiger partial charge in [-0.3, -0.25) is 4.79 Å². The molecule has 2 aromatic heterocycles. The Morgan fingerprint density at radius 3 is 2.62 bits per heavy atom. The van der Waals surface area contributed by atoms with E-state index in [0.717, 1.165) is 21.0 Å². The van der Waals surface area contributed by atoms with Gasteiger partial charge in [0.05, 0.1) is 17.3 Å². The monoisotopic (exact) mass is 403 g/mol. The fraction of sp³-hybridized carbons (Fsp3) is 0.0455. The molecule has 4 aromatic rings. The first-order valence-electron chi connectivity index (χ1n) is 8.83. The number of carbonyl (C=O) groups excluding carboxylic acids is 1. The lowest BCUT2D eigenvalue weighted by atomic mass is 10.3. The standard InChI is InChI=1S/C22H17N3O3S/c1-27-15-8-10-16(11-9-15)28-22-18(6-4-14-23-22)24-20(26)12-13-21-25-17-5-2-3-7-19(17)29-21/h2-14H,1H3,(H,24,26)/b13-12+. The van der Waals surface area contributed by atoms with E-state index < -0.39 is 0 Å². The molecule has 0 saturated heterocycles. The Labute approximate surface area is 171 Å². The number of anilines is 1. The number of nitrogens with one attached hydrogen (secondary N) is 1. The van der Waals surface area contributed by atoms with Crippen LogP contribution in [0.2, 0.25) is 0 Å². The Kier molecular flexibility index (Phi) is 5.49. The molecule has 2 heterocycles. The van der Waals surface area contributed by atoms with Crippen LogP contribution in [0.3, 0.4) is 0 Å². The maximum absolute atomic E-state index is 12.4. The van der Waals surface area contributed by atoms with Crippen LogP contribution in [0.4, 0.5) is 5.69 Å². The number of carbonyl (C=O) groups is 1. The minimum Gasteiger partial charge on any atom is -0.497 e. The Bertz CT molecular complexity index is 1140. The Balaban J connectivity index is 1.46. The fourth-order valence-corrected chi connectivity index (χ4v) is 3.48. The van der Waals surface area contributed by atoms with Crippen LogP contribution >= 0.6 is 11.3 Å². The van der Waals surface area contributed by atoms with Crippen molar-refractivity contribution in [2.45, 2.75) is 0 Å². The summed E-state index contributed by atoms with van der Waals surface area (Å²) in [6.45, 7) is 0. The van der Waals surface area contributed by atoms with Crippen LogP contribution in [0.5, 0.6) is 17.4 Å². The van der Waals surface area contributed by atoms with Crippen molar-refractivity contribution in [1.29, 1.82) is 0 Å². The van der Waals surface area contributed by atoms with Gasteiger partial charge in [-0.15, -0.1) is 11.3 Å². The molecule has 1 N–H and O–H groups in total. The smallest absolute Gasteiger partial charge is 0.248 e. The first kappa shape index (κ1) is 18.6. The number of fused-ring (bicyclic) bond motifs is 1. The molecule has 0 aliphatic heterocycles. The number of benzene rings is 2. The van der Waals surface area contributed by atoms with E-state index in [9.17, 15) is 4.79 Å². The predicted molar refractivity (Wildman–Crippen MR) is 115 cm³/mol. The van der Waals surface area contributed by atoms with Gasteiger partial charge in [-0.2, -0.15) is 0 Å². The van der Waals surface area contributed by atoms with E-state index in [2.05, 4.69) is 15.3 Å². The second-order valence-electron chi connectivity index (χ2n) is 5.98. The molecule has 29 heavy (non-hydrogen) atoms. The summed E-state index contributed by atoms with van der Waals surface area (Å²) in [6, 6.07) is 18.4. The Hall–Kier alpha value is -3.71. The summed E-state index contributed by atoms with van der Waals surface area (Å²) in [5, 5.41) is 3.56. The van der Waals surface area contributed by atoms with Crippen molar-refractivity contribution in [3.63, 3.8) is 0 Å². The van der Waals surface area contributed by atoms with Crippen molar-refractivity contribution in [3.8, 4) is 17.4 Å². The minimum atomic E-state index is -0.295. The SMILES string of the molecule is COc1ccc(Oc2ncccc2NC(=O)/C=C/c2nc3ccccc3s2)cc1. The molecular formula is C22H17N3O3S. The number of para-hydroxylation sites is 1. The molecule has 6 nitrogen and oxygen atoms in total. The van der Waals surface area contributed by atoms with E-state index in [0.29, 0.717) is 17.3 Å². The van der Waals surface area contributed by atoms with Gasteiger partial charge in [-0.1, -0.05) is 12.1 Å². The van der Waals surface area contributed by atoms with Crippen molar-refractivity contribution in [2.24, 2.45) is 0 Å². The highest BCUT2D eigenvalue weighted by Crippen LogP contribution is 2.28. The number of hydrogen-bond donors (Lipinski definition) is 1. The lowest BCUT2D eigenvalue weighted by Crippen LogP contribution is -2.09. The molecule has 0 atom stereocenters. The van der Waals surface area contributed by atoms with Crippen LogP contribution in [0.15, 0.2) is 72.9 Å². The highest BCUT2D eigenvalue weighted by molar-refractivity contribution is 7.19. The molecule has 0 aliphatic carbocycles. The van der Waals surface area contributed by atoms with E-state index in [1.807, 2.05) is 24.3 Å². The number of aromatic nitrogens is 2. The zero-order chi connectivity index (χ0) is 20.1. The van der Waals surface area contributed by atoms with Crippen LogP contribution in [-0.2, 0) is 4.79 Å². The summed E-state index contributed by atoms with van der Waals surface area (Å²) in [4.78, 5) is 21.1. The number of hydrogen-bond acceptors (Lipinski definition) is 6. The van der Waals surface area contributed by atoms with Crippen molar-refractivity contribution >= 4 is 39.2 Å². The van der Waals surface area contributed by atoms with Crippen LogP contribution in [0, 0.1) is 0 Å². The molecule has 1 amide bonds. The van der Waals surface area contributed by atoms with Crippen LogP contribution in [-0.4, -0.2) is 23.0 Å². The molecule has 0 radical (unpaired) electrons. The van der Waals surface area contributed by atoms with E-state index >= 15 is 0 Å². The van der Waals surface area contributed by atoms with Gasteiger partial charge in [-0.05, 0) is 54.6 Å². The van der Waals surface area contributed by atoms with E-state index in [-0.39, 0.29) is 5.91 Å². The highest BCUT2D eigenvalue weighted by atomic mass is 32.1. The van der Waals surface area contributed by atoms with Crippen LogP contribution in [0.1, 0.15) is 5.01 Å². The van der Waals surface area contributed by atoms with Gasteiger partial charge in [0, 0.05) is 12.3 Å². The molecule has 144 valence electrons. The quantitative estimate of drug-likeness (QED) is 0.451. The Morgan fingerprint density at radius 1 is 1.03 bits per heavy atom. The summed E-state index contributed by atoms with van der Waals surface area (Å²) in [5.41, 5.74) is 1.39. The molecule has 0 unspecified atom stereocenters. The molecule has 7 heteroatoms. The highest BCUT2D eigenvalue weighted by Gasteiger charge is 2.09. The van der Waals surface area contributed by atoms with Crippen molar-refractivity contribution in [1.82, 2.24) is 9.97 Å². The van der Waals surface area contributed by atoms with Crippen LogP contribution in [0.25, 0.3) is 16.3 Å². The minimum absolute atomic E-state index is 0.295. The molecule has 2 aromatic carbocycles. The lowest BCUT2D eigenvalue weighted by Gasteiger charge is -2.10. The number of rotatable bonds is 6. The number of methoxy groups -OCH3 is 1. The second kappa shape index (κ2) is 8.53. The number of nitrogens with zero attached hydrogens (tertiary/aromatic N) is 2. The summed E-state index contributed by atoms with van der Waals surface area (Å²) in [5.74, 6) is 1.33. The predicted octanol–water partition coefficient (Wildman–Crippen LogP) is 5.14. The molecule has 0 aliphatic rings. The summed E-state index contributed by atoms with van der Waals surface area (Å²) in [6.07, 6.45) is 4.74. The normalized spacial score (nSPS) is 10.9. The maximum atomic E-state index is 12.4. The average Bonchev–Trinajstić information content (AvgIpc) is 3.17. The maximum Gasteiger partial charge on any atom is 0.248 e. The third-order valence-electron chi connectivity index (χ3n) is 3.99. The molecule has 4 rings (SSSR count). The number of pyridine rings is 1. The first-order chi connectivity index (χ1) is 14.2. The molecule has 0 bridgehead atoms. The topological polar surface area (TPSA) is 73.3 Å². The zero-order valence-corrected chi connectivity index (χ0v) is 16.3. The molecule has 0 spiro atoms. The molecule has 0 saturated carbocycles. The van der Waals surface area contributed by atoms with Gasteiger partial charge >= 0.3 is 0 Å². The van der Waals surface area contributed by atoms with E-state index in [1.165, 1.54) is 17.4 Å². The van der Waals surface area contributed by atoms with Gasteiger partial charge in [0.1, 0.15) is 22.2 Å². The fourth-order valence-electron chi connectivity index (χ4n) is 2.61. The van der Waals surface area contributed by atoms with Crippen molar-refractivity contribution in [3.05, 3.63) is 77.9 Å².